The standard InChI is InChI=1S/C32H15F3N4/c33-20-14-25(34)32(26(35)15-20)39-28-11-4-2-9-22(28)24-13-12-23-21-8-1-3-10-27(21)38(30(23)31(24)39)29-18(16-36)6-5-7-19(29)17-37/h1-15H. The molecule has 0 N–H and O–H groups in total. The lowest BCUT2D eigenvalue weighted by Gasteiger charge is -2.15. The molecule has 0 unspecified atom stereocenters. The van der Waals surface area contributed by atoms with Gasteiger partial charge in [0.05, 0.1) is 38.9 Å². The Morgan fingerprint density at radius 1 is 0.513 bits per heavy atom. The summed E-state index contributed by atoms with van der Waals surface area (Å²) in [6, 6.07) is 29.2. The number of fused-ring (bicyclic) bond motifs is 7. The zero-order valence-electron chi connectivity index (χ0n) is 20.1. The summed E-state index contributed by atoms with van der Waals surface area (Å²) in [6.07, 6.45) is 0. The van der Waals surface area contributed by atoms with Crippen LogP contribution < -0.4 is 0 Å². The average Bonchev–Trinajstić information content (AvgIpc) is 3.45. The molecule has 0 fully saturated rings. The van der Waals surface area contributed by atoms with Gasteiger partial charge in [-0.05, 0) is 24.3 Å². The fraction of sp³-hybridized carbons (Fsp3) is 0. The molecular weight excluding hydrogens is 497 g/mol. The second-order valence-corrected chi connectivity index (χ2v) is 9.21. The molecule has 0 amide bonds. The Kier molecular flexibility index (Phi) is 4.79. The van der Waals surface area contributed by atoms with E-state index in [1.807, 2.05) is 53.1 Å². The van der Waals surface area contributed by atoms with E-state index in [0.717, 1.165) is 21.7 Å². The molecule has 7 heteroatoms. The van der Waals surface area contributed by atoms with E-state index >= 15 is 8.78 Å². The minimum Gasteiger partial charge on any atom is -0.305 e. The quantitative estimate of drug-likeness (QED) is 0.235. The number of nitriles is 2. The highest BCUT2D eigenvalue weighted by Gasteiger charge is 2.25. The number of hydrogen-bond donors (Lipinski definition) is 0. The Balaban J connectivity index is 1.83. The van der Waals surface area contributed by atoms with Crippen LogP contribution in [0.2, 0.25) is 0 Å². The van der Waals surface area contributed by atoms with Crippen LogP contribution in [0.1, 0.15) is 11.1 Å². The van der Waals surface area contributed by atoms with Crippen LogP contribution in [0.25, 0.3) is 55.0 Å². The Morgan fingerprint density at radius 2 is 0.974 bits per heavy atom. The smallest absolute Gasteiger partial charge is 0.153 e. The van der Waals surface area contributed by atoms with Gasteiger partial charge >= 0.3 is 0 Å². The first-order valence-electron chi connectivity index (χ1n) is 12.1. The van der Waals surface area contributed by atoms with Crippen molar-refractivity contribution < 1.29 is 13.2 Å². The molecule has 0 aliphatic rings. The van der Waals surface area contributed by atoms with Gasteiger partial charge in [-0.15, -0.1) is 0 Å². The lowest BCUT2D eigenvalue weighted by molar-refractivity contribution is 0.537. The number of hydrogen-bond acceptors (Lipinski definition) is 2. The number of para-hydroxylation sites is 3. The second-order valence-electron chi connectivity index (χ2n) is 9.21. The summed E-state index contributed by atoms with van der Waals surface area (Å²) in [5.74, 6) is -3.12. The van der Waals surface area contributed by atoms with E-state index in [1.165, 1.54) is 4.57 Å². The van der Waals surface area contributed by atoms with Crippen molar-refractivity contribution in [3.63, 3.8) is 0 Å². The van der Waals surface area contributed by atoms with Crippen molar-refractivity contribution in [1.29, 1.82) is 10.5 Å². The van der Waals surface area contributed by atoms with Crippen molar-refractivity contribution in [2.24, 2.45) is 0 Å². The number of halogens is 3. The van der Waals surface area contributed by atoms with E-state index in [0.29, 0.717) is 39.8 Å². The number of aromatic nitrogens is 2. The molecule has 0 saturated heterocycles. The Labute approximate surface area is 219 Å². The molecule has 7 aromatic rings. The average molecular weight is 512 g/mol. The molecule has 184 valence electrons. The third-order valence-electron chi connectivity index (χ3n) is 7.17. The summed E-state index contributed by atoms with van der Waals surface area (Å²) < 4.78 is 48.1. The van der Waals surface area contributed by atoms with Crippen LogP contribution in [0.15, 0.2) is 91.0 Å². The Hall–Kier alpha value is -5.53. The zero-order chi connectivity index (χ0) is 26.8. The van der Waals surface area contributed by atoms with Crippen LogP contribution in [-0.2, 0) is 0 Å². The van der Waals surface area contributed by atoms with Gasteiger partial charge in [0.1, 0.15) is 23.6 Å². The van der Waals surface area contributed by atoms with Gasteiger partial charge in [0.25, 0.3) is 0 Å². The molecule has 0 bridgehead atoms. The van der Waals surface area contributed by atoms with Gasteiger partial charge in [-0.3, -0.25) is 0 Å². The summed E-state index contributed by atoms with van der Waals surface area (Å²) >= 11 is 0. The van der Waals surface area contributed by atoms with Gasteiger partial charge < -0.3 is 9.13 Å². The lowest BCUT2D eigenvalue weighted by atomic mass is 10.1. The minimum atomic E-state index is -1.05. The van der Waals surface area contributed by atoms with Gasteiger partial charge in [-0.25, -0.2) is 13.2 Å². The largest absolute Gasteiger partial charge is 0.305 e. The van der Waals surface area contributed by atoms with E-state index in [2.05, 4.69) is 12.1 Å². The van der Waals surface area contributed by atoms with Gasteiger partial charge in [0.2, 0.25) is 0 Å². The van der Waals surface area contributed by atoms with Crippen molar-refractivity contribution in [2.75, 3.05) is 0 Å². The maximum atomic E-state index is 15.4. The summed E-state index contributed by atoms with van der Waals surface area (Å²) in [6.45, 7) is 0. The maximum Gasteiger partial charge on any atom is 0.153 e. The van der Waals surface area contributed by atoms with Crippen molar-refractivity contribution in [2.45, 2.75) is 0 Å². The second kappa shape index (κ2) is 8.24. The molecule has 0 radical (unpaired) electrons. The highest BCUT2D eigenvalue weighted by molar-refractivity contribution is 6.24. The molecule has 0 aliphatic carbocycles. The van der Waals surface area contributed by atoms with Gasteiger partial charge in [-0.1, -0.05) is 54.6 Å². The van der Waals surface area contributed by atoms with Crippen LogP contribution in [-0.4, -0.2) is 9.13 Å². The van der Waals surface area contributed by atoms with Gasteiger partial charge in [-0.2, -0.15) is 10.5 Å². The van der Waals surface area contributed by atoms with Crippen LogP contribution in [0.5, 0.6) is 0 Å². The number of benzene rings is 5. The topological polar surface area (TPSA) is 57.4 Å². The van der Waals surface area contributed by atoms with Crippen molar-refractivity contribution >= 4 is 43.6 Å². The number of nitrogens with zero attached hydrogens (tertiary/aromatic N) is 4. The van der Waals surface area contributed by atoms with Gasteiger partial charge in [0, 0.05) is 33.7 Å². The summed E-state index contributed by atoms with van der Waals surface area (Å²) in [5.41, 5.74) is 2.77. The molecule has 2 heterocycles. The lowest BCUT2D eigenvalue weighted by Crippen LogP contribution is -2.05. The summed E-state index contributed by atoms with van der Waals surface area (Å²) in [4.78, 5) is 0. The molecular formula is C32H15F3N4. The highest BCUT2D eigenvalue weighted by atomic mass is 19.1. The van der Waals surface area contributed by atoms with Crippen LogP contribution >= 0.6 is 0 Å². The molecule has 39 heavy (non-hydrogen) atoms. The molecule has 4 nitrogen and oxygen atoms in total. The predicted octanol–water partition coefficient (Wildman–Crippen LogP) is 8.04. The first-order chi connectivity index (χ1) is 19.0. The highest BCUT2D eigenvalue weighted by Crippen LogP contribution is 2.43. The molecule has 2 aromatic heterocycles. The van der Waals surface area contributed by atoms with Crippen molar-refractivity contribution in [1.82, 2.24) is 9.13 Å². The van der Waals surface area contributed by atoms with E-state index in [-0.39, 0.29) is 11.1 Å². The molecule has 0 aliphatic heterocycles. The first kappa shape index (κ1) is 22.7. The third kappa shape index (κ3) is 3.05. The fourth-order valence-electron chi connectivity index (χ4n) is 5.68. The molecule has 7 rings (SSSR count). The zero-order valence-corrected chi connectivity index (χ0v) is 20.1. The third-order valence-corrected chi connectivity index (χ3v) is 7.17. The summed E-state index contributed by atoms with van der Waals surface area (Å²) in [5, 5.41) is 23.1. The predicted molar refractivity (Wildman–Crippen MR) is 144 cm³/mol. The van der Waals surface area contributed by atoms with Crippen LogP contribution in [0, 0.1) is 40.1 Å². The molecule has 5 aromatic carbocycles. The Bertz CT molecular complexity index is 2190. The van der Waals surface area contributed by atoms with Crippen LogP contribution in [0.3, 0.4) is 0 Å². The molecule has 0 spiro atoms. The van der Waals surface area contributed by atoms with Crippen LogP contribution in [0.4, 0.5) is 13.2 Å². The monoisotopic (exact) mass is 512 g/mol. The van der Waals surface area contributed by atoms with E-state index in [1.54, 1.807) is 30.3 Å². The van der Waals surface area contributed by atoms with Gasteiger partial charge in [0.15, 0.2) is 11.6 Å². The molecule has 0 saturated carbocycles. The SMILES string of the molecule is N#Cc1cccc(C#N)c1-n1c2ccccc2c2ccc3c4ccccc4n(-c4c(F)cc(F)cc4F)c3c21. The van der Waals surface area contributed by atoms with Crippen molar-refractivity contribution in [3.8, 4) is 23.5 Å². The van der Waals surface area contributed by atoms with Crippen molar-refractivity contribution in [3.05, 3.63) is 120 Å². The minimum absolute atomic E-state index is 0.274. The first-order valence-corrected chi connectivity index (χ1v) is 12.1. The normalized spacial score (nSPS) is 11.4. The van der Waals surface area contributed by atoms with E-state index in [9.17, 15) is 14.9 Å². The fourth-order valence-corrected chi connectivity index (χ4v) is 5.68. The Morgan fingerprint density at radius 3 is 1.46 bits per heavy atom. The molecule has 0 atom stereocenters. The summed E-state index contributed by atoms with van der Waals surface area (Å²) in [7, 11) is 0. The van der Waals surface area contributed by atoms with E-state index in [4.69, 9.17) is 0 Å². The van der Waals surface area contributed by atoms with E-state index < -0.39 is 23.1 Å². The number of rotatable bonds is 2. The maximum absolute atomic E-state index is 15.4.